The summed E-state index contributed by atoms with van der Waals surface area (Å²) in [6, 6.07) is 2.99. The van der Waals surface area contributed by atoms with Crippen molar-refractivity contribution < 1.29 is 18.3 Å². The van der Waals surface area contributed by atoms with Crippen LogP contribution in [0.1, 0.15) is 44.6 Å². The lowest BCUT2D eigenvalue weighted by Gasteiger charge is -2.32. The normalized spacial score (nSPS) is 25.3. The minimum absolute atomic E-state index is 0.0452. The zero-order valence-corrected chi connectivity index (χ0v) is 15.0. The van der Waals surface area contributed by atoms with Crippen LogP contribution >= 0.6 is 0 Å². The van der Waals surface area contributed by atoms with Crippen LogP contribution in [0.15, 0.2) is 18.3 Å². The highest BCUT2D eigenvalue weighted by molar-refractivity contribution is 5.48. The van der Waals surface area contributed by atoms with E-state index in [1.165, 1.54) is 12.3 Å². The molecule has 25 heavy (non-hydrogen) atoms. The summed E-state index contributed by atoms with van der Waals surface area (Å²) in [6.07, 6.45) is 1.90. The van der Waals surface area contributed by atoms with E-state index in [4.69, 9.17) is 0 Å². The monoisotopic (exact) mass is 359 g/mol. The first kappa shape index (κ1) is 20.0. The lowest BCUT2D eigenvalue weighted by molar-refractivity contribution is -0.137. The van der Waals surface area contributed by atoms with E-state index >= 15 is 0 Å². The Bertz CT molecular complexity index is 533. The number of anilines is 1. The molecule has 2 saturated heterocycles. The molecule has 1 aromatic heterocycles. The highest BCUT2D eigenvalue weighted by atomic mass is 19.4. The molecule has 0 aliphatic carbocycles. The first-order valence-corrected chi connectivity index (χ1v) is 8.94. The molecule has 3 rings (SSSR count). The molecule has 0 radical (unpaired) electrons. The second-order valence-electron chi connectivity index (χ2n) is 6.93. The third-order valence-corrected chi connectivity index (χ3v) is 4.93. The van der Waals surface area contributed by atoms with Gasteiger partial charge in [0.15, 0.2) is 0 Å². The number of pyridine rings is 1. The Morgan fingerprint density at radius 2 is 1.84 bits per heavy atom. The van der Waals surface area contributed by atoms with Gasteiger partial charge < -0.3 is 14.9 Å². The number of rotatable bonds is 1. The van der Waals surface area contributed by atoms with Crippen LogP contribution in [0.25, 0.3) is 0 Å². The molecule has 3 heterocycles. The number of hydrogen-bond acceptors (Lipinski definition) is 4. The van der Waals surface area contributed by atoms with Crippen LogP contribution in [0.3, 0.4) is 0 Å². The van der Waals surface area contributed by atoms with E-state index in [2.05, 4.69) is 23.9 Å². The van der Waals surface area contributed by atoms with Crippen LogP contribution in [0.4, 0.5) is 19.0 Å². The standard InChI is InChI=1S/C11H13F3N2.C7H15NO/c12-11(13,14)9-5-4-6-15-10(9)16-7-2-1-3-8-16;1-6-5-7(9)3-4-8(6)2/h4-6H,1-3,7-8H2;6-7,9H,3-5H2,1-2H3. The Labute approximate surface area is 147 Å². The molecule has 2 fully saturated rings. The molecule has 1 N–H and O–H groups in total. The number of alkyl halides is 3. The highest BCUT2D eigenvalue weighted by Crippen LogP contribution is 2.35. The van der Waals surface area contributed by atoms with Gasteiger partial charge in [-0.1, -0.05) is 0 Å². The Morgan fingerprint density at radius 1 is 1.16 bits per heavy atom. The molecule has 0 saturated carbocycles. The number of aliphatic hydroxyl groups is 1. The van der Waals surface area contributed by atoms with Crippen LogP contribution in [0, 0.1) is 0 Å². The molecule has 7 heteroatoms. The van der Waals surface area contributed by atoms with Gasteiger partial charge in [-0.25, -0.2) is 4.98 Å². The van der Waals surface area contributed by atoms with Gasteiger partial charge in [0.1, 0.15) is 5.82 Å². The van der Waals surface area contributed by atoms with Crippen molar-refractivity contribution in [3.05, 3.63) is 23.9 Å². The summed E-state index contributed by atoms with van der Waals surface area (Å²) in [4.78, 5) is 7.89. The maximum absolute atomic E-state index is 12.7. The van der Waals surface area contributed by atoms with Gasteiger partial charge in [0.05, 0.1) is 11.7 Å². The molecule has 0 aromatic carbocycles. The topological polar surface area (TPSA) is 39.6 Å². The number of nitrogens with zero attached hydrogens (tertiary/aromatic N) is 3. The number of aromatic nitrogens is 1. The predicted octanol–water partition coefficient (Wildman–Crippen LogP) is 3.55. The average molecular weight is 359 g/mol. The van der Waals surface area contributed by atoms with Crippen LogP contribution < -0.4 is 4.90 Å². The third kappa shape index (κ3) is 5.85. The molecule has 2 aliphatic heterocycles. The zero-order valence-electron chi connectivity index (χ0n) is 15.0. The van der Waals surface area contributed by atoms with E-state index in [0.717, 1.165) is 44.7 Å². The average Bonchev–Trinajstić information content (AvgIpc) is 2.59. The Balaban J connectivity index is 0.000000212. The van der Waals surface area contributed by atoms with Crippen molar-refractivity contribution in [2.45, 2.75) is 57.3 Å². The van der Waals surface area contributed by atoms with E-state index in [-0.39, 0.29) is 11.9 Å². The smallest absolute Gasteiger partial charge is 0.393 e. The predicted molar refractivity (Wildman–Crippen MR) is 92.6 cm³/mol. The molecule has 0 bridgehead atoms. The molecule has 142 valence electrons. The minimum atomic E-state index is -4.32. The Hall–Kier alpha value is -1.34. The van der Waals surface area contributed by atoms with E-state index in [1.807, 2.05) is 0 Å². The van der Waals surface area contributed by atoms with Gasteiger partial charge in [0.2, 0.25) is 0 Å². The first-order chi connectivity index (χ1) is 11.8. The summed E-state index contributed by atoms with van der Waals surface area (Å²) in [5.74, 6) is 0.0784. The van der Waals surface area contributed by atoms with Crippen molar-refractivity contribution in [3.8, 4) is 0 Å². The van der Waals surface area contributed by atoms with Gasteiger partial charge in [-0.2, -0.15) is 13.2 Å². The summed E-state index contributed by atoms with van der Waals surface area (Å²) < 4.78 is 38.2. The first-order valence-electron chi connectivity index (χ1n) is 8.94. The van der Waals surface area contributed by atoms with Crippen LogP contribution in [0.2, 0.25) is 0 Å². The summed E-state index contributed by atoms with van der Waals surface area (Å²) in [6.45, 7) is 4.53. The van der Waals surface area contributed by atoms with E-state index < -0.39 is 11.7 Å². The number of piperidine rings is 2. The molecular weight excluding hydrogens is 331 g/mol. The van der Waals surface area contributed by atoms with Crippen molar-refractivity contribution in [1.82, 2.24) is 9.88 Å². The van der Waals surface area contributed by atoms with Crippen molar-refractivity contribution in [3.63, 3.8) is 0 Å². The fraction of sp³-hybridized carbons (Fsp3) is 0.722. The molecular formula is C18H28F3N3O. The fourth-order valence-corrected chi connectivity index (χ4v) is 3.24. The number of aliphatic hydroxyl groups excluding tert-OH is 1. The fourth-order valence-electron chi connectivity index (χ4n) is 3.24. The second kappa shape index (κ2) is 8.85. The Morgan fingerprint density at radius 3 is 2.40 bits per heavy atom. The van der Waals surface area contributed by atoms with E-state index in [1.54, 1.807) is 4.90 Å². The van der Waals surface area contributed by atoms with Gasteiger partial charge >= 0.3 is 6.18 Å². The lowest BCUT2D eigenvalue weighted by Crippen LogP contribution is -2.39. The molecule has 2 aliphatic rings. The van der Waals surface area contributed by atoms with Crippen LogP contribution in [-0.4, -0.2) is 53.8 Å². The molecule has 4 nitrogen and oxygen atoms in total. The Kier molecular flexibility index (Phi) is 7.07. The summed E-state index contributed by atoms with van der Waals surface area (Å²) in [5.41, 5.74) is -0.628. The second-order valence-corrected chi connectivity index (χ2v) is 6.93. The van der Waals surface area contributed by atoms with Gasteiger partial charge in [-0.3, -0.25) is 0 Å². The van der Waals surface area contributed by atoms with Gasteiger partial charge in [0.25, 0.3) is 0 Å². The van der Waals surface area contributed by atoms with Crippen molar-refractivity contribution in [1.29, 1.82) is 0 Å². The van der Waals surface area contributed by atoms with Gasteiger partial charge in [0, 0.05) is 31.9 Å². The number of likely N-dealkylation sites (tertiary alicyclic amines) is 1. The summed E-state index contributed by atoms with van der Waals surface area (Å²) >= 11 is 0. The molecule has 2 unspecified atom stereocenters. The zero-order chi connectivity index (χ0) is 18.4. The largest absolute Gasteiger partial charge is 0.419 e. The maximum Gasteiger partial charge on any atom is 0.419 e. The van der Waals surface area contributed by atoms with Crippen molar-refractivity contribution >= 4 is 5.82 Å². The maximum atomic E-state index is 12.7. The van der Waals surface area contributed by atoms with E-state index in [9.17, 15) is 18.3 Å². The SMILES string of the molecule is CC1CC(O)CCN1C.FC(F)(F)c1cccnc1N1CCCCC1. The van der Waals surface area contributed by atoms with Crippen molar-refractivity contribution in [2.75, 3.05) is 31.6 Å². The molecule has 0 amide bonds. The van der Waals surface area contributed by atoms with Crippen molar-refractivity contribution in [2.24, 2.45) is 0 Å². The van der Waals surface area contributed by atoms with Crippen LogP contribution in [-0.2, 0) is 6.18 Å². The molecule has 1 aromatic rings. The number of halogens is 3. The van der Waals surface area contributed by atoms with Gasteiger partial charge in [-0.15, -0.1) is 0 Å². The van der Waals surface area contributed by atoms with Gasteiger partial charge in [-0.05, 0) is 58.2 Å². The van der Waals surface area contributed by atoms with Crippen LogP contribution in [0.5, 0.6) is 0 Å². The molecule has 0 spiro atoms. The molecule has 2 atom stereocenters. The lowest BCUT2D eigenvalue weighted by atomic mass is 10.0. The third-order valence-electron chi connectivity index (χ3n) is 4.93. The highest BCUT2D eigenvalue weighted by Gasteiger charge is 2.35. The summed E-state index contributed by atoms with van der Waals surface area (Å²) in [5, 5.41) is 9.17. The minimum Gasteiger partial charge on any atom is -0.393 e. The summed E-state index contributed by atoms with van der Waals surface area (Å²) in [7, 11) is 2.11. The van der Waals surface area contributed by atoms with E-state index in [0.29, 0.717) is 19.1 Å². The number of hydrogen-bond donors (Lipinski definition) is 1. The quantitative estimate of drug-likeness (QED) is 0.832.